The van der Waals surface area contributed by atoms with E-state index in [4.69, 9.17) is 18.9 Å². The minimum Gasteiger partial charge on any atom is -0.462 e. The maximum absolute atomic E-state index is 12.8. The van der Waals surface area contributed by atoms with Gasteiger partial charge in [0.2, 0.25) is 0 Å². The Morgan fingerprint density at radius 3 is 1.57 bits per heavy atom. The SMILES string of the molecule is C=CCCCCCCCCCCCCCCCC(=O)O[C@H](COC(=O)CCCCC/C=C/CCCCCCCCCC)CO[C@H]1O[C@H](CS(=O)(=O)O)[C@@H](O)C(O)C1O. The van der Waals surface area contributed by atoms with Gasteiger partial charge < -0.3 is 34.3 Å². The zero-order chi connectivity index (χ0) is 42.7. The average molecular weight is 847 g/mol. The largest absolute Gasteiger partial charge is 0.462 e. The predicted molar refractivity (Wildman–Crippen MR) is 229 cm³/mol. The van der Waals surface area contributed by atoms with Gasteiger partial charge in [-0.2, -0.15) is 8.42 Å². The van der Waals surface area contributed by atoms with Gasteiger partial charge in [0.15, 0.2) is 12.4 Å². The minimum atomic E-state index is -4.60. The van der Waals surface area contributed by atoms with Crippen LogP contribution in [0.4, 0.5) is 0 Å². The van der Waals surface area contributed by atoms with Crippen molar-refractivity contribution in [1.29, 1.82) is 0 Å². The van der Waals surface area contributed by atoms with Crippen molar-refractivity contribution in [3.05, 3.63) is 24.8 Å². The summed E-state index contributed by atoms with van der Waals surface area (Å²) in [6.07, 6.45) is 28.3. The van der Waals surface area contributed by atoms with Crippen molar-refractivity contribution in [3.63, 3.8) is 0 Å². The quantitative estimate of drug-likeness (QED) is 0.0199. The average Bonchev–Trinajstić information content (AvgIpc) is 3.18. The van der Waals surface area contributed by atoms with Crippen molar-refractivity contribution in [1.82, 2.24) is 0 Å². The maximum Gasteiger partial charge on any atom is 0.306 e. The van der Waals surface area contributed by atoms with Crippen LogP contribution in [0.1, 0.15) is 193 Å². The Bertz CT molecular complexity index is 1160. The monoisotopic (exact) mass is 847 g/mol. The van der Waals surface area contributed by atoms with E-state index in [0.717, 1.165) is 51.4 Å². The molecule has 1 fully saturated rings. The molecule has 340 valence electrons. The first-order valence-corrected chi connectivity index (χ1v) is 24.5. The van der Waals surface area contributed by atoms with Crippen LogP contribution in [0, 0.1) is 0 Å². The fourth-order valence-electron chi connectivity index (χ4n) is 7.06. The highest BCUT2D eigenvalue weighted by molar-refractivity contribution is 7.85. The fraction of sp³-hybridized carbons (Fsp3) is 0.867. The molecule has 1 saturated heterocycles. The number of esters is 2. The Morgan fingerprint density at radius 2 is 1.07 bits per heavy atom. The molecule has 58 heavy (non-hydrogen) atoms. The highest BCUT2D eigenvalue weighted by Gasteiger charge is 2.46. The topological polar surface area (TPSA) is 186 Å². The molecule has 4 N–H and O–H groups in total. The third kappa shape index (κ3) is 30.2. The molecular weight excluding hydrogens is 765 g/mol. The summed E-state index contributed by atoms with van der Waals surface area (Å²) in [5.74, 6) is -2.00. The summed E-state index contributed by atoms with van der Waals surface area (Å²) in [6.45, 7) is 5.28. The molecule has 0 aromatic heterocycles. The number of aliphatic hydroxyl groups is 3. The summed E-state index contributed by atoms with van der Waals surface area (Å²) in [5.41, 5.74) is 0. The van der Waals surface area contributed by atoms with Crippen LogP contribution in [0.2, 0.25) is 0 Å². The molecule has 0 aromatic carbocycles. The number of allylic oxidation sites excluding steroid dienone is 3. The summed E-state index contributed by atoms with van der Waals surface area (Å²) in [5, 5.41) is 30.9. The van der Waals surface area contributed by atoms with E-state index >= 15 is 0 Å². The first-order valence-electron chi connectivity index (χ1n) is 22.9. The van der Waals surface area contributed by atoms with Crippen LogP contribution in [-0.4, -0.2) is 96.0 Å². The highest BCUT2D eigenvalue weighted by atomic mass is 32.2. The van der Waals surface area contributed by atoms with Gasteiger partial charge in [0.25, 0.3) is 10.1 Å². The van der Waals surface area contributed by atoms with Crippen LogP contribution in [0.25, 0.3) is 0 Å². The molecule has 0 radical (unpaired) electrons. The van der Waals surface area contributed by atoms with Gasteiger partial charge in [-0.15, -0.1) is 6.58 Å². The number of rotatable bonds is 39. The number of carbonyl (C=O) groups is 2. The second kappa shape index (κ2) is 35.8. The molecule has 13 heteroatoms. The lowest BCUT2D eigenvalue weighted by atomic mass is 10.00. The molecule has 0 amide bonds. The molecule has 0 aromatic rings. The normalized spacial score (nSPS) is 20.3. The second-order valence-corrected chi connectivity index (χ2v) is 17.6. The van der Waals surface area contributed by atoms with Crippen molar-refractivity contribution < 1.29 is 56.8 Å². The van der Waals surface area contributed by atoms with Crippen molar-refractivity contribution >= 4 is 22.1 Å². The number of unbranched alkanes of at least 4 members (excludes halogenated alkanes) is 24. The summed E-state index contributed by atoms with van der Waals surface area (Å²) in [6, 6.07) is 0. The standard InChI is InChI=1S/C45H82O12S/c1-3-5-7-9-11-13-15-17-19-21-23-25-27-29-31-33-40(46)54-35-38(36-55-45-44(50)43(49)42(48)39(57-45)37-58(51,52)53)56-41(47)34-32-30-28-26-24-22-20-18-16-14-12-10-8-6-4-2/h4,21,23,38-39,42-45,48-50H,2-3,5-20,22,24-37H2,1H3,(H,51,52,53)/b23-21+/t38-,39-,42-,43?,44?,45+/m1/s1. The molecule has 0 bridgehead atoms. The number of ether oxygens (including phenoxy) is 4. The van der Waals surface area contributed by atoms with Crippen LogP contribution < -0.4 is 0 Å². The Labute approximate surface area is 351 Å². The van der Waals surface area contributed by atoms with Crippen molar-refractivity contribution in [2.45, 2.75) is 230 Å². The summed E-state index contributed by atoms with van der Waals surface area (Å²) in [4.78, 5) is 25.4. The number of hydrogen-bond donors (Lipinski definition) is 4. The van der Waals surface area contributed by atoms with E-state index in [0.29, 0.717) is 12.8 Å². The lowest BCUT2D eigenvalue weighted by molar-refractivity contribution is -0.297. The molecule has 12 nitrogen and oxygen atoms in total. The Balaban J connectivity index is 2.44. The van der Waals surface area contributed by atoms with E-state index in [-0.39, 0.29) is 19.4 Å². The van der Waals surface area contributed by atoms with Crippen molar-refractivity contribution in [2.24, 2.45) is 0 Å². The third-order valence-electron chi connectivity index (χ3n) is 10.6. The summed E-state index contributed by atoms with van der Waals surface area (Å²) in [7, 11) is -4.60. The van der Waals surface area contributed by atoms with Crippen LogP contribution in [0.5, 0.6) is 0 Å². The van der Waals surface area contributed by atoms with Gasteiger partial charge in [-0.3, -0.25) is 14.1 Å². The third-order valence-corrected chi connectivity index (χ3v) is 11.4. The molecule has 0 saturated carbocycles. The molecule has 0 spiro atoms. The van der Waals surface area contributed by atoms with Crippen LogP contribution in [0.3, 0.4) is 0 Å². The van der Waals surface area contributed by atoms with Gasteiger partial charge in [-0.1, -0.05) is 147 Å². The van der Waals surface area contributed by atoms with Crippen LogP contribution in [-0.2, 0) is 38.7 Å². The molecule has 2 unspecified atom stereocenters. The van der Waals surface area contributed by atoms with Gasteiger partial charge in [-0.05, 0) is 51.4 Å². The molecule has 6 atom stereocenters. The van der Waals surface area contributed by atoms with E-state index in [2.05, 4.69) is 25.7 Å². The summed E-state index contributed by atoms with van der Waals surface area (Å²) >= 11 is 0. The fourth-order valence-corrected chi connectivity index (χ4v) is 7.75. The van der Waals surface area contributed by atoms with E-state index in [1.54, 1.807) is 0 Å². The molecule has 0 aliphatic carbocycles. The van der Waals surface area contributed by atoms with E-state index < -0.39 is 71.2 Å². The minimum absolute atomic E-state index is 0.161. The summed E-state index contributed by atoms with van der Waals surface area (Å²) < 4.78 is 54.0. The molecular formula is C45H82O12S. The maximum atomic E-state index is 12.8. The second-order valence-electron chi connectivity index (χ2n) is 16.1. The Kier molecular flexibility index (Phi) is 33.5. The lowest BCUT2D eigenvalue weighted by Crippen LogP contribution is -2.60. The number of hydrogen-bond acceptors (Lipinski definition) is 11. The van der Waals surface area contributed by atoms with Gasteiger partial charge >= 0.3 is 11.9 Å². The van der Waals surface area contributed by atoms with Gasteiger partial charge in [0.1, 0.15) is 36.8 Å². The van der Waals surface area contributed by atoms with E-state index in [9.17, 15) is 37.9 Å². The van der Waals surface area contributed by atoms with Gasteiger partial charge in [0, 0.05) is 12.8 Å². The van der Waals surface area contributed by atoms with Crippen molar-refractivity contribution in [3.8, 4) is 0 Å². The smallest absolute Gasteiger partial charge is 0.306 e. The molecule has 1 aliphatic rings. The molecule has 1 rings (SSSR count). The van der Waals surface area contributed by atoms with Gasteiger partial charge in [0.05, 0.1) is 6.61 Å². The number of aliphatic hydroxyl groups excluding tert-OH is 3. The lowest BCUT2D eigenvalue weighted by Gasteiger charge is -2.40. The van der Waals surface area contributed by atoms with E-state index in [1.165, 1.54) is 109 Å². The Morgan fingerprint density at radius 1 is 0.621 bits per heavy atom. The first kappa shape index (κ1) is 54.1. The Hall–Kier alpha value is -1.87. The zero-order valence-corrected chi connectivity index (χ0v) is 36.8. The van der Waals surface area contributed by atoms with E-state index in [1.807, 2.05) is 6.08 Å². The molecule has 1 aliphatic heterocycles. The predicted octanol–water partition coefficient (Wildman–Crippen LogP) is 9.23. The van der Waals surface area contributed by atoms with Crippen LogP contribution >= 0.6 is 0 Å². The highest BCUT2D eigenvalue weighted by Crippen LogP contribution is 2.24. The van der Waals surface area contributed by atoms with Gasteiger partial charge in [-0.25, -0.2) is 0 Å². The molecule has 1 heterocycles. The zero-order valence-electron chi connectivity index (χ0n) is 36.0. The van der Waals surface area contributed by atoms with Crippen LogP contribution in [0.15, 0.2) is 24.8 Å². The number of carbonyl (C=O) groups excluding carboxylic acids is 2. The van der Waals surface area contributed by atoms with Crippen molar-refractivity contribution in [2.75, 3.05) is 19.0 Å². The first-order chi connectivity index (χ1) is 28.0.